The molecule has 0 amide bonds. The molecule has 0 saturated carbocycles. The van der Waals surface area contributed by atoms with Crippen molar-refractivity contribution in [3.63, 3.8) is 0 Å². The van der Waals surface area contributed by atoms with Gasteiger partial charge in [0.05, 0.1) is 12.8 Å². The van der Waals surface area contributed by atoms with Crippen molar-refractivity contribution in [1.29, 1.82) is 0 Å². The largest absolute Gasteiger partial charge is 0.496 e. The molecule has 0 aliphatic carbocycles. The van der Waals surface area contributed by atoms with Gasteiger partial charge in [-0.05, 0) is 28.7 Å². The van der Waals surface area contributed by atoms with E-state index in [2.05, 4.69) is 4.99 Å². The van der Waals surface area contributed by atoms with Crippen molar-refractivity contribution >= 4 is 40.3 Å². The van der Waals surface area contributed by atoms with Crippen LogP contribution in [0.4, 0.5) is 5.69 Å². The third-order valence-corrected chi connectivity index (χ3v) is 2.53. The van der Waals surface area contributed by atoms with Gasteiger partial charge in [-0.3, -0.25) is 0 Å². The van der Waals surface area contributed by atoms with Crippen molar-refractivity contribution in [2.45, 2.75) is 0 Å². The van der Waals surface area contributed by atoms with E-state index in [0.717, 1.165) is 0 Å². The van der Waals surface area contributed by atoms with Gasteiger partial charge in [0.1, 0.15) is 11.3 Å². The number of ether oxygens (including phenoxy) is 1. The molecule has 0 saturated heterocycles. The van der Waals surface area contributed by atoms with Crippen LogP contribution in [0.1, 0.15) is 10.4 Å². The number of halogens is 1. The predicted octanol–water partition coefficient (Wildman–Crippen LogP) is 1.97. The minimum absolute atomic E-state index is 0.0340. The SMILES string of the molecule is COc1cc(N=C=O)c(I)cc1C(=O)O. The van der Waals surface area contributed by atoms with Gasteiger partial charge in [0.2, 0.25) is 6.08 Å². The molecule has 1 aromatic carbocycles. The number of methoxy groups -OCH3 is 1. The fourth-order valence-corrected chi connectivity index (χ4v) is 1.60. The number of nitrogens with zero attached hydrogens (tertiary/aromatic N) is 1. The highest BCUT2D eigenvalue weighted by Crippen LogP contribution is 2.30. The molecule has 0 unspecified atom stereocenters. The summed E-state index contributed by atoms with van der Waals surface area (Å²) in [6.45, 7) is 0. The molecule has 6 heteroatoms. The van der Waals surface area contributed by atoms with Crippen molar-refractivity contribution < 1.29 is 19.4 Å². The Morgan fingerprint density at radius 1 is 1.60 bits per heavy atom. The van der Waals surface area contributed by atoms with Crippen molar-refractivity contribution in [3.8, 4) is 5.75 Å². The monoisotopic (exact) mass is 319 g/mol. The standard InChI is InChI=1S/C9H6INO4/c1-15-8-3-7(11-4-12)6(10)2-5(8)9(13)14/h2-3H,1H3,(H,13,14). The normalized spacial score (nSPS) is 9.20. The van der Waals surface area contributed by atoms with Crippen molar-refractivity contribution in [3.05, 3.63) is 21.3 Å². The second-order valence-corrected chi connectivity index (χ2v) is 3.67. The number of carbonyl (C=O) groups excluding carboxylic acids is 1. The van der Waals surface area contributed by atoms with Crippen LogP contribution in [-0.2, 0) is 4.79 Å². The van der Waals surface area contributed by atoms with E-state index < -0.39 is 5.97 Å². The number of benzene rings is 1. The van der Waals surface area contributed by atoms with Crippen LogP contribution in [0.15, 0.2) is 17.1 Å². The molecule has 0 fully saturated rings. The molecule has 0 heterocycles. The molecule has 1 N–H and O–H groups in total. The van der Waals surface area contributed by atoms with Crippen LogP contribution in [0.2, 0.25) is 0 Å². The lowest BCUT2D eigenvalue weighted by Gasteiger charge is -2.06. The number of carboxylic acid groups (broad SMARTS) is 1. The smallest absolute Gasteiger partial charge is 0.339 e. The molecule has 0 atom stereocenters. The van der Waals surface area contributed by atoms with E-state index in [0.29, 0.717) is 9.26 Å². The van der Waals surface area contributed by atoms with Crippen LogP contribution in [-0.4, -0.2) is 24.3 Å². The Morgan fingerprint density at radius 2 is 2.27 bits per heavy atom. The van der Waals surface area contributed by atoms with Gasteiger partial charge in [0, 0.05) is 9.64 Å². The summed E-state index contributed by atoms with van der Waals surface area (Å²) in [4.78, 5) is 24.3. The molecule has 78 valence electrons. The first-order valence-electron chi connectivity index (χ1n) is 3.79. The number of isocyanates is 1. The summed E-state index contributed by atoms with van der Waals surface area (Å²) in [6.07, 6.45) is 1.39. The molecular weight excluding hydrogens is 313 g/mol. The maximum absolute atomic E-state index is 10.8. The van der Waals surface area contributed by atoms with Crippen LogP contribution >= 0.6 is 22.6 Å². The zero-order valence-corrected chi connectivity index (χ0v) is 9.81. The lowest BCUT2D eigenvalue weighted by atomic mass is 10.2. The highest BCUT2D eigenvalue weighted by molar-refractivity contribution is 14.1. The van der Waals surface area contributed by atoms with Gasteiger partial charge in [-0.2, -0.15) is 4.99 Å². The lowest BCUT2D eigenvalue weighted by molar-refractivity contribution is 0.0693. The van der Waals surface area contributed by atoms with E-state index in [-0.39, 0.29) is 11.3 Å². The molecule has 1 rings (SSSR count). The summed E-state index contributed by atoms with van der Waals surface area (Å²) in [5.41, 5.74) is 0.374. The third-order valence-electron chi connectivity index (χ3n) is 1.67. The average Bonchev–Trinajstić information content (AvgIpc) is 2.20. The Bertz CT molecular complexity index is 452. The lowest BCUT2D eigenvalue weighted by Crippen LogP contribution is -2.00. The second-order valence-electron chi connectivity index (χ2n) is 2.51. The van der Waals surface area contributed by atoms with E-state index in [1.54, 1.807) is 0 Å². The summed E-state index contributed by atoms with van der Waals surface area (Å²) < 4.78 is 5.42. The Kier molecular flexibility index (Phi) is 3.81. The number of carbonyl (C=O) groups is 1. The number of hydrogen-bond donors (Lipinski definition) is 1. The van der Waals surface area contributed by atoms with Crippen LogP contribution in [0.25, 0.3) is 0 Å². The maximum atomic E-state index is 10.8. The zero-order valence-electron chi connectivity index (χ0n) is 7.65. The Balaban J connectivity index is 3.41. The molecule has 0 aromatic heterocycles. The van der Waals surface area contributed by atoms with Crippen molar-refractivity contribution in [2.75, 3.05) is 7.11 Å². The number of aliphatic imine (C=N–C) groups is 1. The van der Waals surface area contributed by atoms with Gasteiger partial charge in [-0.25, -0.2) is 9.59 Å². The third kappa shape index (κ3) is 2.54. The first kappa shape index (κ1) is 11.7. The Labute approximate surface area is 98.9 Å². The average molecular weight is 319 g/mol. The fourth-order valence-electron chi connectivity index (χ4n) is 1.01. The highest BCUT2D eigenvalue weighted by Gasteiger charge is 2.14. The minimum atomic E-state index is -1.09. The van der Waals surface area contributed by atoms with E-state index in [1.165, 1.54) is 25.3 Å². The molecule has 0 bridgehead atoms. The molecule has 1 aromatic rings. The number of aromatic carboxylic acids is 1. The topological polar surface area (TPSA) is 76.0 Å². The quantitative estimate of drug-likeness (QED) is 0.525. The van der Waals surface area contributed by atoms with Crippen LogP contribution < -0.4 is 4.74 Å². The summed E-state index contributed by atoms with van der Waals surface area (Å²) in [6, 6.07) is 2.77. The van der Waals surface area contributed by atoms with E-state index in [1.807, 2.05) is 22.6 Å². The van der Waals surface area contributed by atoms with E-state index in [4.69, 9.17) is 9.84 Å². The molecule has 0 radical (unpaired) electrons. The molecular formula is C9H6INO4. The second kappa shape index (κ2) is 4.90. The van der Waals surface area contributed by atoms with Crippen LogP contribution in [0.5, 0.6) is 5.75 Å². The number of rotatable bonds is 3. The predicted molar refractivity (Wildman–Crippen MR) is 60.5 cm³/mol. The summed E-state index contributed by atoms with van der Waals surface area (Å²) in [5.74, 6) is -0.927. The van der Waals surface area contributed by atoms with Crippen molar-refractivity contribution in [1.82, 2.24) is 0 Å². The van der Waals surface area contributed by atoms with Gasteiger partial charge < -0.3 is 9.84 Å². The van der Waals surface area contributed by atoms with Crippen LogP contribution in [0.3, 0.4) is 0 Å². The molecule has 0 aliphatic heterocycles. The molecule has 15 heavy (non-hydrogen) atoms. The van der Waals surface area contributed by atoms with Crippen LogP contribution in [0, 0.1) is 3.57 Å². The van der Waals surface area contributed by atoms with Gasteiger partial charge in [-0.15, -0.1) is 0 Å². The molecule has 5 nitrogen and oxygen atoms in total. The van der Waals surface area contributed by atoms with Gasteiger partial charge in [0.25, 0.3) is 0 Å². The van der Waals surface area contributed by atoms with Gasteiger partial charge >= 0.3 is 5.97 Å². The number of carboxylic acids is 1. The summed E-state index contributed by atoms with van der Waals surface area (Å²) in [7, 11) is 1.35. The van der Waals surface area contributed by atoms with E-state index >= 15 is 0 Å². The molecule has 0 spiro atoms. The zero-order chi connectivity index (χ0) is 11.4. The summed E-state index contributed by atoms with van der Waals surface area (Å²) >= 11 is 1.88. The Hall–Kier alpha value is -1.40. The van der Waals surface area contributed by atoms with Gasteiger partial charge in [0.15, 0.2) is 0 Å². The highest BCUT2D eigenvalue weighted by atomic mass is 127. The molecule has 0 aliphatic rings. The summed E-state index contributed by atoms with van der Waals surface area (Å²) in [5, 5.41) is 8.85. The maximum Gasteiger partial charge on any atom is 0.339 e. The van der Waals surface area contributed by atoms with Crippen molar-refractivity contribution in [2.24, 2.45) is 4.99 Å². The minimum Gasteiger partial charge on any atom is -0.496 e. The van der Waals surface area contributed by atoms with E-state index in [9.17, 15) is 9.59 Å². The first-order chi connectivity index (χ1) is 7.10. The Morgan fingerprint density at radius 3 is 2.73 bits per heavy atom. The fraction of sp³-hybridized carbons (Fsp3) is 0.111. The van der Waals surface area contributed by atoms with Gasteiger partial charge in [-0.1, -0.05) is 0 Å². The first-order valence-corrected chi connectivity index (χ1v) is 4.86. The number of hydrogen-bond acceptors (Lipinski definition) is 4.